The molecule has 1 rings (SSSR count). The molecule has 1 saturated heterocycles. The summed E-state index contributed by atoms with van der Waals surface area (Å²) in [5.41, 5.74) is 0.177. The molecule has 58 valence electrons. The van der Waals surface area contributed by atoms with E-state index in [2.05, 4.69) is 19.2 Å². The Kier molecular flexibility index (Phi) is 1.82. The molecule has 0 aromatic heterocycles. The van der Waals surface area contributed by atoms with Gasteiger partial charge in [-0.3, -0.25) is 4.79 Å². The van der Waals surface area contributed by atoms with Gasteiger partial charge in [0, 0.05) is 5.54 Å². The minimum atomic E-state index is 0.120. The number of carbonyl (C=O) groups excluding carboxylic acids is 1. The highest BCUT2D eigenvalue weighted by Crippen LogP contribution is 2.22. The molecule has 0 amide bonds. The van der Waals surface area contributed by atoms with E-state index in [1.54, 1.807) is 6.92 Å². The first-order valence-electron chi connectivity index (χ1n) is 3.79. The molecule has 1 fully saturated rings. The number of ketones is 1. The fourth-order valence-electron chi connectivity index (χ4n) is 1.43. The minimum absolute atomic E-state index is 0.120. The molecule has 1 unspecified atom stereocenters. The van der Waals surface area contributed by atoms with E-state index in [1.807, 2.05) is 0 Å². The molecule has 0 saturated carbocycles. The van der Waals surface area contributed by atoms with Crippen LogP contribution in [0.4, 0.5) is 0 Å². The van der Waals surface area contributed by atoms with Gasteiger partial charge in [0.2, 0.25) is 0 Å². The predicted molar refractivity (Wildman–Crippen MR) is 40.9 cm³/mol. The van der Waals surface area contributed by atoms with E-state index in [0.717, 1.165) is 12.8 Å². The molecule has 1 aliphatic rings. The van der Waals surface area contributed by atoms with E-state index in [0.29, 0.717) is 0 Å². The Bertz CT molecular complexity index is 151. The van der Waals surface area contributed by atoms with Gasteiger partial charge in [-0.1, -0.05) is 0 Å². The summed E-state index contributed by atoms with van der Waals surface area (Å²) in [6.07, 6.45) is 2.11. The van der Waals surface area contributed by atoms with E-state index < -0.39 is 0 Å². The number of Topliss-reactive ketones (excluding diaryl/α,β-unsaturated/α-hetero) is 1. The van der Waals surface area contributed by atoms with Crippen LogP contribution in [0, 0.1) is 0 Å². The molecule has 0 aromatic carbocycles. The van der Waals surface area contributed by atoms with Gasteiger partial charge in [-0.25, -0.2) is 0 Å². The standard InChI is InChI=1S/C8H15NO/c1-6(10)7-4-5-8(2,3)9-7/h7,9H,4-5H2,1-3H3. The quantitative estimate of drug-likeness (QED) is 0.592. The van der Waals surface area contributed by atoms with E-state index in [-0.39, 0.29) is 17.4 Å². The zero-order valence-corrected chi connectivity index (χ0v) is 6.90. The molecule has 0 aliphatic carbocycles. The number of nitrogens with one attached hydrogen (secondary N) is 1. The Morgan fingerprint density at radius 1 is 1.60 bits per heavy atom. The van der Waals surface area contributed by atoms with Crippen LogP contribution in [-0.2, 0) is 4.79 Å². The maximum Gasteiger partial charge on any atom is 0.146 e. The largest absolute Gasteiger partial charge is 0.302 e. The van der Waals surface area contributed by atoms with E-state index in [9.17, 15) is 4.79 Å². The van der Waals surface area contributed by atoms with Crippen LogP contribution >= 0.6 is 0 Å². The molecule has 1 aliphatic heterocycles. The summed E-state index contributed by atoms with van der Waals surface area (Å²) in [5, 5.41) is 3.28. The zero-order valence-electron chi connectivity index (χ0n) is 6.90. The van der Waals surface area contributed by atoms with Gasteiger partial charge in [-0.05, 0) is 33.6 Å². The molecule has 0 aromatic rings. The summed E-state index contributed by atoms with van der Waals surface area (Å²) >= 11 is 0. The van der Waals surface area contributed by atoms with Gasteiger partial charge in [-0.15, -0.1) is 0 Å². The molecular formula is C8H15NO. The van der Waals surface area contributed by atoms with Crippen LogP contribution in [0.25, 0.3) is 0 Å². The summed E-state index contributed by atoms with van der Waals surface area (Å²) in [6, 6.07) is 0.120. The van der Waals surface area contributed by atoms with Crippen molar-refractivity contribution in [1.29, 1.82) is 0 Å². The highest BCUT2D eigenvalue weighted by atomic mass is 16.1. The topological polar surface area (TPSA) is 29.1 Å². The molecule has 10 heavy (non-hydrogen) atoms. The van der Waals surface area contributed by atoms with Gasteiger partial charge in [0.15, 0.2) is 0 Å². The fraction of sp³-hybridized carbons (Fsp3) is 0.875. The zero-order chi connectivity index (χ0) is 7.78. The van der Waals surface area contributed by atoms with Gasteiger partial charge >= 0.3 is 0 Å². The lowest BCUT2D eigenvalue weighted by molar-refractivity contribution is -0.118. The third-order valence-corrected chi connectivity index (χ3v) is 2.11. The van der Waals surface area contributed by atoms with Crippen molar-refractivity contribution in [3.8, 4) is 0 Å². The molecule has 2 nitrogen and oxygen atoms in total. The second kappa shape index (κ2) is 2.35. The average molecular weight is 141 g/mol. The minimum Gasteiger partial charge on any atom is -0.302 e. The van der Waals surface area contributed by atoms with Crippen LogP contribution < -0.4 is 5.32 Å². The monoisotopic (exact) mass is 141 g/mol. The van der Waals surface area contributed by atoms with Gasteiger partial charge in [0.1, 0.15) is 5.78 Å². The van der Waals surface area contributed by atoms with Crippen molar-refractivity contribution in [3.63, 3.8) is 0 Å². The number of carbonyl (C=O) groups is 1. The number of rotatable bonds is 1. The normalized spacial score (nSPS) is 30.5. The third kappa shape index (κ3) is 1.57. The Labute approximate surface area is 62.0 Å². The lowest BCUT2D eigenvalue weighted by Crippen LogP contribution is -2.40. The van der Waals surface area contributed by atoms with Crippen molar-refractivity contribution < 1.29 is 4.79 Å². The number of hydrogen-bond acceptors (Lipinski definition) is 2. The molecule has 1 atom stereocenters. The van der Waals surface area contributed by atoms with Gasteiger partial charge in [0.25, 0.3) is 0 Å². The van der Waals surface area contributed by atoms with Gasteiger partial charge in [-0.2, -0.15) is 0 Å². The Hall–Kier alpha value is -0.370. The lowest BCUT2D eigenvalue weighted by atomic mass is 10.0. The molecule has 0 bridgehead atoms. The van der Waals surface area contributed by atoms with Crippen molar-refractivity contribution >= 4 is 5.78 Å². The molecule has 1 heterocycles. The van der Waals surface area contributed by atoms with Crippen LogP contribution in [0.15, 0.2) is 0 Å². The molecule has 1 N–H and O–H groups in total. The summed E-state index contributed by atoms with van der Waals surface area (Å²) in [4.78, 5) is 10.9. The molecule has 2 heteroatoms. The van der Waals surface area contributed by atoms with Crippen molar-refractivity contribution in [3.05, 3.63) is 0 Å². The highest BCUT2D eigenvalue weighted by molar-refractivity contribution is 5.81. The van der Waals surface area contributed by atoms with Crippen LogP contribution in [0.1, 0.15) is 33.6 Å². The predicted octanol–water partition coefficient (Wildman–Crippen LogP) is 1.11. The fourth-order valence-corrected chi connectivity index (χ4v) is 1.43. The highest BCUT2D eigenvalue weighted by Gasteiger charge is 2.31. The van der Waals surface area contributed by atoms with Crippen LogP contribution in [0.2, 0.25) is 0 Å². The maximum absolute atomic E-state index is 10.9. The summed E-state index contributed by atoms with van der Waals surface area (Å²) in [7, 11) is 0. The number of hydrogen-bond donors (Lipinski definition) is 1. The molecular weight excluding hydrogens is 126 g/mol. The maximum atomic E-state index is 10.9. The van der Waals surface area contributed by atoms with Gasteiger partial charge < -0.3 is 5.32 Å². The third-order valence-electron chi connectivity index (χ3n) is 2.11. The lowest BCUT2D eigenvalue weighted by Gasteiger charge is -2.18. The van der Waals surface area contributed by atoms with Crippen molar-refractivity contribution in [2.45, 2.75) is 45.2 Å². The van der Waals surface area contributed by atoms with Crippen LogP contribution in [-0.4, -0.2) is 17.4 Å². The Morgan fingerprint density at radius 3 is 2.40 bits per heavy atom. The summed E-state index contributed by atoms with van der Waals surface area (Å²) < 4.78 is 0. The van der Waals surface area contributed by atoms with Gasteiger partial charge in [0.05, 0.1) is 6.04 Å². The summed E-state index contributed by atoms with van der Waals surface area (Å²) in [5.74, 6) is 0.269. The first-order chi connectivity index (χ1) is 4.51. The van der Waals surface area contributed by atoms with E-state index >= 15 is 0 Å². The SMILES string of the molecule is CC(=O)C1CCC(C)(C)N1. The smallest absolute Gasteiger partial charge is 0.146 e. The first-order valence-corrected chi connectivity index (χ1v) is 3.79. The second-order valence-electron chi connectivity index (χ2n) is 3.73. The average Bonchev–Trinajstić information content (AvgIpc) is 2.10. The molecule has 0 radical (unpaired) electrons. The van der Waals surface area contributed by atoms with E-state index in [1.165, 1.54) is 0 Å². The van der Waals surface area contributed by atoms with Crippen LogP contribution in [0.3, 0.4) is 0 Å². The van der Waals surface area contributed by atoms with Crippen LogP contribution in [0.5, 0.6) is 0 Å². The summed E-state index contributed by atoms with van der Waals surface area (Å²) in [6.45, 7) is 5.92. The van der Waals surface area contributed by atoms with Crippen molar-refractivity contribution in [1.82, 2.24) is 5.32 Å². The van der Waals surface area contributed by atoms with E-state index in [4.69, 9.17) is 0 Å². The van der Waals surface area contributed by atoms with Crippen molar-refractivity contribution in [2.75, 3.05) is 0 Å². The first kappa shape index (κ1) is 7.73. The van der Waals surface area contributed by atoms with Crippen molar-refractivity contribution in [2.24, 2.45) is 0 Å². The Morgan fingerprint density at radius 2 is 2.20 bits per heavy atom. The molecule has 0 spiro atoms. The second-order valence-corrected chi connectivity index (χ2v) is 3.73. The Balaban J connectivity index is 2.51.